The Balaban J connectivity index is 2.07. The average Bonchev–Trinajstić information content (AvgIpc) is 2.72. The third-order valence-electron chi connectivity index (χ3n) is 3.96. The Morgan fingerprint density at radius 2 is 1.67 bits per heavy atom. The van der Waals surface area contributed by atoms with Crippen LogP contribution in [0.25, 0.3) is 0 Å². The van der Waals surface area contributed by atoms with Crippen molar-refractivity contribution in [2.24, 2.45) is 11.8 Å². The smallest absolute Gasteiger partial charge is 0.337 e. The minimum absolute atomic E-state index is 0.0182. The standard InChI is InChI=1S/C15H13NO5/c17-8-5-6-12(11(7-8)15(20)21)16-13(18)9-3-1-2-4-10(9)14(16)19/h1-2,5-7,9-10,17H,3-4H2,(H,20,21)/t9-,10+. The molecule has 1 fully saturated rings. The summed E-state index contributed by atoms with van der Waals surface area (Å²) in [6, 6.07) is 3.60. The molecule has 1 aliphatic heterocycles. The van der Waals surface area contributed by atoms with E-state index in [4.69, 9.17) is 0 Å². The summed E-state index contributed by atoms with van der Waals surface area (Å²) < 4.78 is 0. The fourth-order valence-corrected chi connectivity index (χ4v) is 2.93. The van der Waals surface area contributed by atoms with Crippen molar-refractivity contribution in [3.05, 3.63) is 35.9 Å². The van der Waals surface area contributed by atoms with Crippen molar-refractivity contribution in [3.8, 4) is 5.75 Å². The number of imide groups is 1. The summed E-state index contributed by atoms with van der Waals surface area (Å²) in [5, 5.41) is 18.6. The molecule has 108 valence electrons. The van der Waals surface area contributed by atoms with Gasteiger partial charge in [0.15, 0.2) is 0 Å². The van der Waals surface area contributed by atoms with E-state index in [1.165, 1.54) is 12.1 Å². The van der Waals surface area contributed by atoms with Crippen LogP contribution >= 0.6 is 0 Å². The number of carboxylic acid groups (broad SMARTS) is 1. The Morgan fingerprint density at radius 3 is 2.19 bits per heavy atom. The first-order chi connectivity index (χ1) is 10.0. The molecule has 0 bridgehead atoms. The van der Waals surface area contributed by atoms with E-state index in [0.717, 1.165) is 11.0 Å². The maximum Gasteiger partial charge on any atom is 0.337 e. The summed E-state index contributed by atoms with van der Waals surface area (Å²) >= 11 is 0. The average molecular weight is 287 g/mol. The molecule has 1 heterocycles. The minimum atomic E-state index is -1.30. The maximum absolute atomic E-state index is 12.4. The molecule has 0 saturated carbocycles. The van der Waals surface area contributed by atoms with Gasteiger partial charge < -0.3 is 10.2 Å². The van der Waals surface area contributed by atoms with Gasteiger partial charge in [-0.2, -0.15) is 0 Å². The molecule has 6 heteroatoms. The summed E-state index contributed by atoms with van der Waals surface area (Å²) in [6.45, 7) is 0. The van der Waals surface area contributed by atoms with Crippen LogP contribution in [0.1, 0.15) is 23.2 Å². The number of amides is 2. The van der Waals surface area contributed by atoms with E-state index in [9.17, 15) is 24.6 Å². The fourth-order valence-electron chi connectivity index (χ4n) is 2.93. The lowest BCUT2D eigenvalue weighted by Crippen LogP contribution is -2.32. The van der Waals surface area contributed by atoms with E-state index in [0.29, 0.717) is 12.8 Å². The highest BCUT2D eigenvalue weighted by molar-refractivity contribution is 6.24. The number of carbonyl (C=O) groups is 3. The molecular formula is C15H13NO5. The lowest BCUT2D eigenvalue weighted by Gasteiger charge is -2.17. The number of hydrogen-bond acceptors (Lipinski definition) is 4. The molecule has 1 aromatic rings. The number of rotatable bonds is 2. The number of aromatic carboxylic acids is 1. The highest BCUT2D eigenvalue weighted by Gasteiger charge is 2.48. The first-order valence-corrected chi connectivity index (χ1v) is 6.60. The highest BCUT2D eigenvalue weighted by atomic mass is 16.4. The van der Waals surface area contributed by atoms with E-state index in [-0.39, 0.29) is 28.8 Å². The molecule has 2 aliphatic rings. The van der Waals surface area contributed by atoms with Gasteiger partial charge in [0.2, 0.25) is 11.8 Å². The molecule has 6 nitrogen and oxygen atoms in total. The Kier molecular flexibility index (Phi) is 3.01. The molecule has 2 N–H and O–H groups in total. The van der Waals surface area contributed by atoms with Crippen molar-refractivity contribution in [3.63, 3.8) is 0 Å². The van der Waals surface area contributed by atoms with Gasteiger partial charge in [0.05, 0.1) is 23.1 Å². The van der Waals surface area contributed by atoms with Gasteiger partial charge in [-0.25, -0.2) is 9.69 Å². The zero-order valence-corrected chi connectivity index (χ0v) is 11.0. The lowest BCUT2D eigenvalue weighted by molar-refractivity contribution is -0.122. The first-order valence-electron chi connectivity index (χ1n) is 6.60. The quantitative estimate of drug-likeness (QED) is 0.635. The van der Waals surface area contributed by atoms with Crippen molar-refractivity contribution in [1.82, 2.24) is 0 Å². The number of aromatic hydroxyl groups is 1. The molecule has 3 rings (SSSR count). The van der Waals surface area contributed by atoms with Gasteiger partial charge in [-0.3, -0.25) is 9.59 Å². The van der Waals surface area contributed by atoms with Crippen LogP contribution < -0.4 is 4.90 Å². The van der Waals surface area contributed by atoms with Gasteiger partial charge in [0.1, 0.15) is 5.75 Å². The molecule has 1 saturated heterocycles. The fraction of sp³-hybridized carbons (Fsp3) is 0.267. The monoisotopic (exact) mass is 287 g/mol. The second-order valence-corrected chi connectivity index (χ2v) is 5.17. The van der Waals surface area contributed by atoms with Crippen LogP contribution in [0.15, 0.2) is 30.4 Å². The van der Waals surface area contributed by atoms with Crippen LogP contribution in [0.5, 0.6) is 5.75 Å². The SMILES string of the molecule is O=C(O)c1cc(O)ccc1N1C(=O)[C@H]2CC=CC[C@H]2C1=O. The van der Waals surface area contributed by atoms with Crippen LogP contribution in [0.2, 0.25) is 0 Å². The number of nitrogens with zero attached hydrogens (tertiary/aromatic N) is 1. The summed E-state index contributed by atoms with van der Waals surface area (Å²) in [6.07, 6.45) is 4.72. The number of carboxylic acids is 1. The molecule has 2 amide bonds. The van der Waals surface area contributed by atoms with Gasteiger partial charge in [-0.15, -0.1) is 0 Å². The third-order valence-corrected chi connectivity index (χ3v) is 3.96. The molecule has 1 aromatic carbocycles. The number of allylic oxidation sites excluding steroid dienone is 2. The summed E-state index contributed by atoms with van der Waals surface area (Å²) in [7, 11) is 0. The van der Waals surface area contributed by atoms with Gasteiger partial charge in [0.25, 0.3) is 0 Å². The van der Waals surface area contributed by atoms with Crippen LogP contribution in [0.4, 0.5) is 5.69 Å². The van der Waals surface area contributed by atoms with E-state index in [1.54, 1.807) is 0 Å². The molecule has 0 aromatic heterocycles. The van der Waals surface area contributed by atoms with Gasteiger partial charge in [0, 0.05) is 0 Å². The van der Waals surface area contributed by atoms with E-state index in [2.05, 4.69) is 0 Å². The Bertz CT molecular complexity index is 653. The molecule has 0 unspecified atom stereocenters. The van der Waals surface area contributed by atoms with Crippen LogP contribution in [-0.4, -0.2) is 28.0 Å². The minimum Gasteiger partial charge on any atom is -0.508 e. The topological polar surface area (TPSA) is 94.9 Å². The van der Waals surface area contributed by atoms with E-state index < -0.39 is 17.8 Å². The molecule has 0 radical (unpaired) electrons. The predicted octanol–water partition coefficient (Wildman–Crippen LogP) is 1.55. The highest BCUT2D eigenvalue weighted by Crippen LogP contribution is 2.39. The largest absolute Gasteiger partial charge is 0.508 e. The van der Waals surface area contributed by atoms with Gasteiger partial charge >= 0.3 is 5.97 Å². The van der Waals surface area contributed by atoms with Gasteiger partial charge in [-0.1, -0.05) is 12.2 Å². The molecule has 2 atom stereocenters. The van der Waals surface area contributed by atoms with Crippen molar-refractivity contribution < 1.29 is 24.6 Å². The normalized spacial score (nSPS) is 24.3. The first kappa shape index (κ1) is 13.4. The zero-order chi connectivity index (χ0) is 15.1. The molecule has 0 spiro atoms. The zero-order valence-electron chi connectivity index (χ0n) is 11.0. The van der Waals surface area contributed by atoms with Crippen LogP contribution in [0, 0.1) is 11.8 Å². The van der Waals surface area contributed by atoms with Crippen LogP contribution in [-0.2, 0) is 9.59 Å². The third kappa shape index (κ3) is 1.99. The summed E-state index contributed by atoms with van der Waals surface area (Å²) in [5.74, 6) is -3.11. The van der Waals surface area contributed by atoms with E-state index in [1.807, 2.05) is 12.2 Å². The van der Waals surface area contributed by atoms with E-state index >= 15 is 0 Å². The Morgan fingerprint density at radius 1 is 1.10 bits per heavy atom. The number of phenols is 1. The molecule has 1 aliphatic carbocycles. The number of benzene rings is 1. The van der Waals surface area contributed by atoms with Crippen molar-refractivity contribution in [2.45, 2.75) is 12.8 Å². The summed E-state index contributed by atoms with van der Waals surface area (Å²) in [5.41, 5.74) is -0.243. The molecule has 21 heavy (non-hydrogen) atoms. The number of carbonyl (C=O) groups excluding carboxylic acids is 2. The lowest BCUT2D eigenvalue weighted by atomic mass is 9.85. The Labute approximate surface area is 120 Å². The maximum atomic E-state index is 12.4. The number of anilines is 1. The second-order valence-electron chi connectivity index (χ2n) is 5.17. The van der Waals surface area contributed by atoms with Crippen molar-refractivity contribution >= 4 is 23.5 Å². The number of phenolic OH excluding ortho intramolecular Hbond substituents is 1. The predicted molar refractivity (Wildman–Crippen MR) is 72.9 cm³/mol. The number of hydrogen-bond donors (Lipinski definition) is 2. The van der Waals surface area contributed by atoms with Crippen molar-refractivity contribution in [2.75, 3.05) is 4.90 Å². The van der Waals surface area contributed by atoms with Crippen molar-refractivity contribution in [1.29, 1.82) is 0 Å². The second kappa shape index (κ2) is 4.73. The number of fused-ring (bicyclic) bond motifs is 1. The van der Waals surface area contributed by atoms with Gasteiger partial charge in [-0.05, 0) is 31.0 Å². The molecular weight excluding hydrogens is 274 g/mol. The van der Waals surface area contributed by atoms with Crippen LogP contribution in [0.3, 0.4) is 0 Å². The summed E-state index contributed by atoms with van der Waals surface area (Å²) in [4.78, 5) is 37.1. The Hall–Kier alpha value is -2.63.